The molecule has 0 N–H and O–H groups in total. The first-order valence-corrected chi connectivity index (χ1v) is 4.47. The van der Waals surface area contributed by atoms with Crippen LogP contribution >= 0.6 is 0 Å². The number of hydrogen-bond acceptors (Lipinski definition) is 0. The van der Waals surface area contributed by atoms with Crippen molar-refractivity contribution in [1.29, 1.82) is 0 Å². The van der Waals surface area contributed by atoms with Crippen molar-refractivity contribution in [3.05, 3.63) is 18.6 Å². The van der Waals surface area contributed by atoms with Crippen LogP contribution in [0.3, 0.4) is 0 Å². The van der Waals surface area contributed by atoms with Crippen molar-refractivity contribution in [2.45, 2.75) is 44.9 Å². The Hall–Kier alpha value is -0.260. The molecule has 0 aromatic heterocycles. The summed E-state index contributed by atoms with van der Waals surface area (Å²) in [6.45, 7) is 0. The maximum Gasteiger partial charge on any atom is -0.0348 e. The van der Waals surface area contributed by atoms with Crippen molar-refractivity contribution >= 4 is 0 Å². The van der Waals surface area contributed by atoms with Gasteiger partial charge in [-0.25, -0.2) is 0 Å². The van der Waals surface area contributed by atoms with Gasteiger partial charge in [-0.15, -0.1) is 0 Å². The Kier molecular flexibility index (Phi) is 4.33. The first-order valence-electron chi connectivity index (χ1n) is 4.47. The lowest BCUT2D eigenvalue weighted by atomic mass is 10.1. The molecule has 57 valence electrons. The lowest BCUT2D eigenvalue weighted by molar-refractivity contribution is 0.661. The maximum absolute atomic E-state index is 2.43. The van der Waals surface area contributed by atoms with Gasteiger partial charge in [0.1, 0.15) is 0 Å². The van der Waals surface area contributed by atoms with Gasteiger partial charge in [-0.1, -0.05) is 31.4 Å². The van der Waals surface area contributed by atoms with E-state index in [-0.39, 0.29) is 0 Å². The molecule has 0 nitrogen and oxygen atoms in total. The van der Waals surface area contributed by atoms with Crippen LogP contribution in [0.15, 0.2) is 12.2 Å². The van der Waals surface area contributed by atoms with E-state index < -0.39 is 0 Å². The van der Waals surface area contributed by atoms with E-state index in [4.69, 9.17) is 0 Å². The molecule has 0 amide bonds. The van der Waals surface area contributed by atoms with E-state index in [1.807, 2.05) is 0 Å². The van der Waals surface area contributed by atoms with E-state index in [2.05, 4.69) is 18.6 Å². The highest BCUT2D eigenvalue weighted by Crippen LogP contribution is 2.10. The van der Waals surface area contributed by atoms with Crippen molar-refractivity contribution in [2.75, 3.05) is 0 Å². The molecular weight excluding hydrogens is 120 g/mol. The molecule has 0 saturated heterocycles. The smallest absolute Gasteiger partial charge is 0.0348 e. The molecule has 1 aliphatic carbocycles. The standard InChI is InChI=1S/C10H17/c1-2-4-6-8-10-9-7-5-3-1/h1-2,7H,3-6,8-10H2/b2-1+. The Morgan fingerprint density at radius 1 is 0.600 bits per heavy atom. The van der Waals surface area contributed by atoms with E-state index in [1.54, 1.807) is 0 Å². The minimum Gasteiger partial charge on any atom is -0.0885 e. The molecule has 1 rings (SSSR count). The summed E-state index contributed by atoms with van der Waals surface area (Å²) in [6, 6.07) is 0. The molecule has 0 heteroatoms. The number of rotatable bonds is 0. The average molecular weight is 137 g/mol. The molecule has 10 heavy (non-hydrogen) atoms. The maximum atomic E-state index is 2.43. The Bertz CT molecular complexity index is 80.2. The predicted octanol–water partition coefficient (Wildman–Crippen LogP) is 3.49. The third-order valence-electron chi connectivity index (χ3n) is 1.98. The molecule has 0 aromatic rings. The van der Waals surface area contributed by atoms with Crippen LogP contribution in [0.25, 0.3) is 0 Å². The minimum atomic E-state index is 1.26. The first kappa shape index (κ1) is 7.84. The van der Waals surface area contributed by atoms with Gasteiger partial charge in [0.25, 0.3) is 0 Å². The second-order valence-electron chi connectivity index (χ2n) is 2.98. The molecular formula is C10H17. The number of allylic oxidation sites excluding steroid dienone is 2. The monoisotopic (exact) mass is 137 g/mol. The highest BCUT2D eigenvalue weighted by molar-refractivity contribution is 4.84. The van der Waals surface area contributed by atoms with E-state index in [0.29, 0.717) is 0 Å². The Morgan fingerprint density at radius 2 is 1.40 bits per heavy atom. The zero-order chi connectivity index (χ0) is 7.07. The quantitative estimate of drug-likeness (QED) is 0.448. The van der Waals surface area contributed by atoms with E-state index in [9.17, 15) is 0 Å². The fourth-order valence-corrected chi connectivity index (χ4v) is 1.32. The first-order chi connectivity index (χ1) is 5.00. The molecule has 1 aliphatic rings. The van der Waals surface area contributed by atoms with Gasteiger partial charge in [-0.2, -0.15) is 0 Å². The van der Waals surface area contributed by atoms with Crippen LogP contribution in [0.2, 0.25) is 0 Å². The lowest BCUT2D eigenvalue weighted by Crippen LogP contribution is -1.82. The normalized spacial score (nSPS) is 25.6. The fourth-order valence-electron chi connectivity index (χ4n) is 1.32. The zero-order valence-corrected chi connectivity index (χ0v) is 6.68. The van der Waals surface area contributed by atoms with Gasteiger partial charge in [0, 0.05) is 0 Å². The molecule has 0 aromatic carbocycles. The second-order valence-corrected chi connectivity index (χ2v) is 2.98. The van der Waals surface area contributed by atoms with Crippen LogP contribution in [-0.2, 0) is 0 Å². The fraction of sp³-hybridized carbons (Fsp3) is 0.700. The van der Waals surface area contributed by atoms with Gasteiger partial charge in [0.2, 0.25) is 0 Å². The van der Waals surface area contributed by atoms with Gasteiger partial charge >= 0.3 is 0 Å². The number of hydrogen-bond donors (Lipinski definition) is 0. The third kappa shape index (κ3) is 3.71. The summed E-state index contributed by atoms with van der Waals surface area (Å²) < 4.78 is 0. The van der Waals surface area contributed by atoms with Crippen LogP contribution in [-0.4, -0.2) is 0 Å². The molecule has 0 heterocycles. The van der Waals surface area contributed by atoms with Crippen LogP contribution in [0.5, 0.6) is 0 Å². The summed E-state index contributed by atoms with van der Waals surface area (Å²) in [4.78, 5) is 0. The van der Waals surface area contributed by atoms with E-state index in [1.165, 1.54) is 44.9 Å². The van der Waals surface area contributed by atoms with E-state index >= 15 is 0 Å². The minimum absolute atomic E-state index is 1.26. The van der Waals surface area contributed by atoms with Gasteiger partial charge in [-0.05, 0) is 32.1 Å². The topological polar surface area (TPSA) is 0 Å². The highest BCUT2D eigenvalue weighted by Gasteiger charge is 1.91. The van der Waals surface area contributed by atoms with Crippen molar-refractivity contribution in [1.82, 2.24) is 0 Å². The Labute approximate surface area is 64.3 Å². The summed E-state index contributed by atoms with van der Waals surface area (Å²) in [6.07, 6.45) is 16.5. The van der Waals surface area contributed by atoms with Crippen molar-refractivity contribution in [2.24, 2.45) is 0 Å². The van der Waals surface area contributed by atoms with Gasteiger partial charge in [-0.3, -0.25) is 0 Å². The molecule has 0 unspecified atom stereocenters. The van der Waals surface area contributed by atoms with Crippen molar-refractivity contribution in [3.63, 3.8) is 0 Å². The van der Waals surface area contributed by atoms with E-state index in [0.717, 1.165) is 0 Å². The molecule has 0 saturated carbocycles. The predicted molar refractivity (Wildman–Crippen MR) is 45.8 cm³/mol. The summed E-state index contributed by atoms with van der Waals surface area (Å²) >= 11 is 0. The molecule has 0 aliphatic heterocycles. The lowest BCUT2D eigenvalue weighted by Gasteiger charge is -2.01. The summed E-state index contributed by atoms with van der Waals surface area (Å²) in [5.74, 6) is 0. The molecule has 0 spiro atoms. The van der Waals surface area contributed by atoms with Crippen LogP contribution in [0.4, 0.5) is 0 Å². The Balaban J connectivity index is 2.13. The Morgan fingerprint density at radius 3 is 2.40 bits per heavy atom. The average Bonchev–Trinajstić information content (AvgIpc) is 2.01. The molecule has 1 radical (unpaired) electrons. The van der Waals surface area contributed by atoms with Crippen LogP contribution in [0.1, 0.15) is 44.9 Å². The molecule has 0 bridgehead atoms. The van der Waals surface area contributed by atoms with Crippen LogP contribution < -0.4 is 0 Å². The van der Waals surface area contributed by atoms with Gasteiger partial charge < -0.3 is 0 Å². The SMILES string of the molecule is [CH]1CC/C=C/CCCCC1. The van der Waals surface area contributed by atoms with Gasteiger partial charge in [0.15, 0.2) is 0 Å². The third-order valence-corrected chi connectivity index (χ3v) is 1.98. The summed E-state index contributed by atoms with van der Waals surface area (Å²) in [5.41, 5.74) is 0. The summed E-state index contributed by atoms with van der Waals surface area (Å²) in [7, 11) is 0. The molecule has 0 atom stereocenters. The molecule has 0 fully saturated rings. The largest absolute Gasteiger partial charge is 0.0885 e. The second kappa shape index (κ2) is 5.52. The van der Waals surface area contributed by atoms with Crippen LogP contribution in [0, 0.1) is 6.42 Å². The van der Waals surface area contributed by atoms with Crippen molar-refractivity contribution in [3.8, 4) is 0 Å². The summed E-state index contributed by atoms with van der Waals surface area (Å²) in [5, 5.41) is 0. The zero-order valence-electron chi connectivity index (χ0n) is 6.68. The van der Waals surface area contributed by atoms with Gasteiger partial charge in [0.05, 0.1) is 0 Å². The highest BCUT2D eigenvalue weighted by atomic mass is 14.0. The van der Waals surface area contributed by atoms with Crippen molar-refractivity contribution < 1.29 is 0 Å².